The average molecular weight is 343 g/mol. The fourth-order valence-electron chi connectivity index (χ4n) is 2.79. The molecule has 0 spiro atoms. The molecule has 4 nitrogen and oxygen atoms in total. The Labute approximate surface area is 147 Å². The van der Waals surface area contributed by atoms with Crippen LogP contribution in [0.15, 0.2) is 48.5 Å². The van der Waals surface area contributed by atoms with E-state index in [1.54, 1.807) is 6.07 Å². The molecule has 0 aromatic heterocycles. The molecule has 0 aliphatic carbocycles. The quantitative estimate of drug-likeness (QED) is 0.874. The van der Waals surface area contributed by atoms with Gasteiger partial charge in [0, 0.05) is 25.7 Å². The van der Waals surface area contributed by atoms with Crippen molar-refractivity contribution in [1.82, 2.24) is 5.32 Å². The summed E-state index contributed by atoms with van der Waals surface area (Å²) in [4.78, 5) is 12.1. The molecule has 1 heterocycles. The summed E-state index contributed by atoms with van der Waals surface area (Å²) < 4.78 is 24.1. The number of hydrogen-bond acceptors (Lipinski definition) is 3. The number of hydrogen-bond donors (Lipinski definition) is 1. The maximum Gasteiger partial charge on any atom is 0.223 e. The normalized spacial score (nSPS) is 14.9. The van der Waals surface area contributed by atoms with E-state index in [0.29, 0.717) is 32.1 Å². The summed E-state index contributed by atoms with van der Waals surface area (Å²) in [5, 5.41) is 2.98. The van der Waals surface area contributed by atoms with Crippen molar-refractivity contribution in [3.05, 3.63) is 65.5 Å². The molecule has 0 saturated carbocycles. The second kappa shape index (κ2) is 8.62. The van der Waals surface area contributed by atoms with E-state index in [9.17, 15) is 9.18 Å². The Morgan fingerprint density at radius 2 is 1.88 bits per heavy atom. The van der Waals surface area contributed by atoms with Gasteiger partial charge in [-0.05, 0) is 48.2 Å². The van der Waals surface area contributed by atoms with Crippen LogP contribution in [0.4, 0.5) is 4.39 Å². The van der Waals surface area contributed by atoms with Crippen LogP contribution in [-0.2, 0) is 22.7 Å². The zero-order chi connectivity index (χ0) is 17.5. The van der Waals surface area contributed by atoms with E-state index >= 15 is 0 Å². The smallest absolute Gasteiger partial charge is 0.223 e. The van der Waals surface area contributed by atoms with E-state index in [-0.39, 0.29) is 17.6 Å². The molecule has 1 amide bonds. The first-order valence-electron chi connectivity index (χ1n) is 8.52. The van der Waals surface area contributed by atoms with Gasteiger partial charge in [-0.15, -0.1) is 0 Å². The Balaban J connectivity index is 1.46. The Kier molecular flexibility index (Phi) is 6.01. The summed E-state index contributed by atoms with van der Waals surface area (Å²) in [6, 6.07) is 13.9. The van der Waals surface area contributed by atoms with Gasteiger partial charge in [0.05, 0.1) is 0 Å². The molecular formula is C20H22FNO3. The van der Waals surface area contributed by atoms with Crippen LogP contribution in [0.25, 0.3) is 0 Å². The first kappa shape index (κ1) is 17.4. The number of rotatable bonds is 6. The highest BCUT2D eigenvalue weighted by atomic mass is 19.1. The zero-order valence-electron chi connectivity index (χ0n) is 14.0. The topological polar surface area (TPSA) is 47.6 Å². The maximum absolute atomic E-state index is 13.1. The number of carbonyl (C=O) groups excluding carboxylic acids is 1. The molecule has 0 bridgehead atoms. The summed E-state index contributed by atoms with van der Waals surface area (Å²) in [5.41, 5.74) is 1.80. The van der Waals surface area contributed by atoms with Gasteiger partial charge in [0.25, 0.3) is 0 Å². The van der Waals surface area contributed by atoms with Gasteiger partial charge >= 0.3 is 0 Å². The fourth-order valence-corrected chi connectivity index (χ4v) is 2.79. The molecule has 25 heavy (non-hydrogen) atoms. The molecule has 0 atom stereocenters. The molecule has 2 aromatic carbocycles. The summed E-state index contributed by atoms with van der Waals surface area (Å²) in [6.45, 7) is 2.14. The van der Waals surface area contributed by atoms with Crippen LogP contribution in [0.5, 0.6) is 5.75 Å². The van der Waals surface area contributed by atoms with Gasteiger partial charge in [-0.25, -0.2) is 4.39 Å². The summed E-state index contributed by atoms with van der Waals surface area (Å²) in [5.74, 6) is 0.595. The van der Waals surface area contributed by atoms with Gasteiger partial charge < -0.3 is 14.8 Å². The van der Waals surface area contributed by atoms with E-state index in [1.807, 2.05) is 30.3 Å². The van der Waals surface area contributed by atoms with Crippen molar-refractivity contribution in [1.29, 1.82) is 0 Å². The molecule has 132 valence electrons. The zero-order valence-corrected chi connectivity index (χ0v) is 14.0. The van der Waals surface area contributed by atoms with Crippen molar-refractivity contribution in [3.63, 3.8) is 0 Å². The molecule has 1 aliphatic heterocycles. The highest BCUT2D eigenvalue weighted by Gasteiger charge is 2.20. The Hall–Kier alpha value is -2.40. The molecule has 1 saturated heterocycles. The van der Waals surface area contributed by atoms with E-state index < -0.39 is 0 Å². The number of amides is 1. The van der Waals surface area contributed by atoms with Crippen LogP contribution >= 0.6 is 0 Å². The van der Waals surface area contributed by atoms with Gasteiger partial charge in [-0.2, -0.15) is 0 Å². The van der Waals surface area contributed by atoms with Crippen molar-refractivity contribution >= 4 is 5.91 Å². The predicted octanol–water partition coefficient (Wildman–Crippen LogP) is 3.45. The monoisotopic (exact) mass is 343 g/mol. The first-order chi connectivity index (χ1) is 12.2. The SMILES string of the molecule is O=C(NCc1ccc(OCc2cccc(F)c2)cc1)C1CCOCC1. The van der Waals surface area contributed by atoms with Crippen LogP contribution in [0.1, 0.15) is 24.0 Å². The third kappa shape index (κ3) is 5.29. The van der Waals surface area contributed by atoms with Crippen LogP contribution in [0.3, 0.4) is 0 Å². The molecule has 1 fully saturated rings. The summed E-state index contributed by atoms with van der Waals surface area (Å²) in [6.07, 6.45) is 1.58. The van der Waals surface area contributed by atoms with E-state index in [1.165, 1.54) is 12.1 Å². The fraction of sp³-hybridized carbons (Fsp3) is 0.350. The molecular weight excluding hydrogens is 321 g/mol. The predicted molar refractivity (Wildman–Crippen MR) is 92.6 cm³/mol. The number of benzene rings is 2. The van der Waals surface area contributed by atoms with E-state index in [2.05, 4.69) is 5.32 Å². The molecule has 2 aromatic rings. The lowest BCUT2D eigenvalue weighted by atomic mass is 9.99. The van der Waals surface area contributed by atoms with Crippen molar-refractivity contribution in [2.45, 2.75) is 26.0 Å². The molecule has 0 radical (unpaired) electrons. The van der Waals surface area contributed by atoms with Gasteiger partial charge in [-0.1, -0.05) is 24.3 Å². The Morgan fingerprint density at radius 3 is 2.60 bits per heavy atom. The molecule has 5 heteroatoms. The van der Waals surface area contributed by atoms with Crippen molar-refractivity contribution in [3.8, 4) is 5.75 Å². The standard InChI is InChI=1S/C20H22FNO3/c21-18-3-1-2-16(12-18)14-25-19-6-4-15(5-7-19)13-22-20(23)17-8-10-24-11-9-17/h1-7,12,17H,8-11,13-14H2,(H,22,23). The molecule has 0 unspecified atom stereocenters. The highest BCUT2D eigenvalue weighted by Crippen LogP contribution is 2.17. The van der Waals surface area contributed by atoms with Crippen LogP contribution in [0, 0.1) is 11.7 Å². The van der Waals surface area contributed by atoms with Crippen LogP contribution in [0.2, 0.25) is 0 Å². The number of ether oxygens (including phenoxy) is 2. The Morgan fingerprint density at radius 1 is 1.12 bits per heavy atom. The molecule has 1 N–H and O–H groups in total. The summed E-state index contributed by atoms with van der Waals surface area (Å²) >= 11 is 0. The maximum atomic E-state index is 13.1. The minimum atomic E-state index is -0.267. The second-order valence-corrected chi connectivity index (χ2v) is 6.17. The third-order valence-corrected chi connectivity index (χ3v) is 4.28. The lowest BCUT2D eigenvalue weighted by Crippen LogP contribution is -2.33. The number of carbonyl (C=O) groups is 1. The number of halogens is 1. The van der Waals surface area contributed by atoms with Gasteiger partial charge in [0.1, 0.15) is 18.2 Å². The summed E-state index contributed by atoms with van der Waals surface area (Å²) in [7, 11) is 0. The molecule has 1 aliphatic rings. The van der Waals surface area contributed by atoms with Crippen molar-refractivity contribution < 1.29 is 18.7 Å². The van der Waals surface area contributed by atoms with Crippen LogP contribution in [-0.4, -0.2) is 19.1 Å². The van der Waals surface area contributed by atoms with Gasteiger partial charge in [0.15, 0.2) is 0 Å². The first-order valence-corrected chi connectivity index (χ1v) is 8.52. The minimum Gasteiger partial charge on any atom is -0.489 e. The van der Waals surface area contributed by atoms with E-state index in [4.69, 9.17) is 9.47 Å². The van der Waals surface area contributed by atoms with Crippen LogP contribution < -0.4 is 10.1 Å². The largest absolute Gasteiger partial charge is 0.489 e. The van der Waals surface area contributed by atoms with Crippen molar-refractivity contribution in [2.24, 2.45) is 5.92 Å². The van der Waals surface area contributed by atoms with Gasteiger partial charge in [-0.3, -0.25) is 4.79 Å². The lowest BCUT2D eigenvalue weighted by Gasteiger charge is -2.21. The lowest BCUT2D eigenvalue weighted by molar-refractivity contribution is -0.128. The van der Waals surface area contributed by atoms with Gasteiger partial charge in [0.2, 0.25) is 5.91 Å². The third-order valence-electron chi connectivity index (χ3n) is 4.28. The number of nitrogens with one attached hydrogen (secondary N) is 1. The van der Waals surface area contributed by atoms with E-state index in [0.717, 1.165) is 24.0 Å². The highest BCUT2D eigenvalue weighted by molar-refractivity contribution is 5.78. The average Bonchev–Trinajstić information content (AvgIpc) is 2.66. The Bertz CT molecular complexity index is 696. The van der Waals surface area contributed by atoms with Crippen molar-refractivity contribution in [2.75, 3.05) is 13.2 Å². The molecule has 3 rings (SSSR count). The second-order valence-electron chi connectivity index (χ2n) is 6.17. The minimum absolute atomic E-state index is 0.0580.